The van der Waals surface area contributed by atoms with E-state index in [9.17, 15) is 14.7 Å². The fourth-order valence-electron chi connectivity index (χ4n) is 9.38. The summed E-state index contributed by atoms with van der Waals surface area (Å²) in [6.07, 6.45) is 99.2. The maximum atomic E-state index is 12.4. The molecule has 0 spiro atoms. The zero-order valence-corrected chi connectivity index (χ0v) is 51.1. The Labute approximate surface area is 483 Å². The van der Waals surface area contributed by atoms with E-state index in [-0.39, 0.29) is 25.2 Å². The second-order valence-electron chi connectivity index (χ2n) is 21.8. The molecule has 0 saturated carbocycles. The SMILES string of the molecule is CC/C=C\C/C=C\C/C=C\C/C=C\C/C=C\C/C=C\CCCCCCCCCCCCCCCCCCC(=O)OC(CO)COC(=O)CCCCCCCCCCCCCCCCCC/C=C\C/C=C\C/C=C\C/C=C\CC. The van der Waals surface area contributed by atoms with Crippen LogP contribution in [0.15, 0.2) is 122 Å². The average Bonchev–Trinajstić information content (AvgIpc) is 3.44. The predicted molar refractivity (Wildman–Crippen MR) is 343 cm³/mol. The number of rotatable bonds is 60. The van der Waals surface area contributed by atoms with Crippen molar-refractivity contribution < 1.29 is 24.2 Å². The van der Waals surface area contributed by atoms with Crippen LogP contribution >= 0.6 is 0 Å². The van der Waals surface area contributed by atoms with E-state index < -0.39 is 6.10 Å². The minimum Gasteiger partial charge on any atom is -0.462 e. The number of ether oxygens (including phenoxy) is 2. The molecule has 0 fully saturated rings. The molecular formula is C73H124O5. The van der Waals surface area contributed by atoms with Crippen LogP contribution in [0.4, 0.5) is 0 Å². The molecule has 0 heterocycles. The minimum absolute atomic E-state index is 0.0678. The normalized spacial score (nSPS) is 13.0. The molecule has 0 bridgehead atoms. The third-order valence-corrected chi connectivity index (χ3v) is 14.3. The highest BCUT2D eigenvalue weighted by molar-refractivity contribution is 5.70. The first-order chi connectivity index (χ1) is 38.6. The number of carbonyl (C=O) groups is 2. The lowest BCUT2D eigenvalue weighted by atomic mass is 10.0. The summed E-state index contributed by atoms with van der Waals surface area (Å²) in [7, 11) is 0. The van der Waals surface area contributed by atoms with Crippen molar-refractivity contribution in [3.8, 4) is 0 Å². The van der Waals surface area contributed by atoms with Gasteiger partial charge < -0.3 is 14.6 Å². The first-order valence-electron chi connectivity index (χ1n) is 33.1. The summed E-state index contributed by atoms with van der Waals surface area (Å²) in [6.45, 7) is 3.94. The Hall–Kier alpha value is -3.70. The molecule has 0 radical (unpaired) electrons. The van der Waals surface area contributed by atoms with Gasteiger partial charge in [-0.15, -0.1) is 0 Å². The summed E-state index contributed by atoms with van der Waals surface area (Å²) in [5.41, 5.74) is 0. The number of hydrogen-bond acceptors (Lipinski definition) is 5. The molecule has 1 unspecified atom stereocenters. The molecule has 0 aliphatic heterocycles. The van der Waals surface area contributed by atoms with Crippen LogP contribution in [0.1, 0.15) is 309 Å². The molecule has 5 heteroatoms. The molecule has 5 nitrogen and oxygen atoms in total. The van der Waals surface area contributed by atoms with Crippen LogP contribution in [0.5, 0.6) is 0 Å². The molecule has 0 aromatic carbocycles. The van der Waals surface area contributed by atoms with Gasteiger partial charge >= 0.3 is 11.9 Å². The second kappa shape index (κ2) is 67.6. The van der Waals surface area contributed by atoms with Gasteiger partial charge in [-0.05, 0) is 103 Å². The van der Waals surface area contributed by atoms with E-state index in [1.54, 1.807) is 0 Å². The lowest BCUT2D eigenvalue weighted by molar-refractivity contribution is -0.161. The topological polar surface area (TPSA) is 72.8 Å². The molecular weight excluding hydrogens is 957 g/mol. The van der Waals surface area contributed by atoms with Gasteiger partial charge in [0, 0.05) is 12.8 Å². The molecule has 0 rings (SSSR count). The summed E-state index contributed by atoms with van der Waals surface area (Å²) < 4.78 is 10.8. The summed E-state index contributed by atoms with van der Waals surface area (Å²) in [6, 6.07) is 0. The lowest BCUT2D eigenvalue weighted by Crippen LogP contribution is -2.28. The van der Waals surface area contributed by atoms with Gasteiger partial charge in [0.15, 0.2) is 6.10 Å². The summed E-state index contributed by atoms with van der Waals surface area (Å²) in [4.78, 5) is 24.6. The number of esters is 2. The number of aliphatic hydroxyl groups is 1. The Morgan fingerprint density at radius 1 is 0.295 bits per heavy atom. The van der Waals surface area contributed by atoms with Crippen molar-refractivity contribution in [2.45, 2.75) is 315 Å². The van der Waals surface area contributed by atoms with Crippen molar-refractivity contribution in [1.29, 1.82) is 0 Å². The van der Waals surface area contributed by atoms with Gasteiger partial charge in [-0.2, -0.15) is 0 Å². The maximum Gasteiger partial charge on any atom is 0.306 e. The zero-order chi connectivity index (χ0) is 56.2. The highest BCUT2D eigenvalue weighted by atomic mass is 16.6. The molecule has 0 aromatic rings. The van der Waals surface area contributed by atoms with Gasteiger partial charge in [-0.25, -0.2) is 0 Å². The van der Waals surface area contributed by atoms with Crippen molar-refractivity contribution in [2.24, 2.45) is 0 Å². The quantitative estimate of drug-likeness (QED) is 0.0373. The lowest BCUT2D eigenvalue weighted by Gasteiger charge is -2.15. The monoisotopic (exact) mass is 1080 g/mol. The Kier molecular flexibility index (Phi) is 64.4. The van der Waals surface area contributed by atoms with E-state index >= 15 is 0 Å². The highest BCUT2D eigenvalue weighted by Gasteiger charge is 2.16. The fraction of sp³-hybridized carbons (Fsp3) is 0.699. The van der Waals surface area contributed by atoms with Gasteiger partial charge in [0.05, 0.1) is 6.61 Å². The smallest absolute Gasteiger partial charge is 0.306 e. The van der Waals surface area contributed by atoms with E-state index in [4.69, 9.17) is 9.47 Å². The van der Waals surface area contributed by atoms with Gasteiger partial charge in [-0.3, -0.25) is 9.59 Å². The highest BCUT2D eigenvalue weighted by Crippen LogP contribution is 2.17. The third-order valence-electron chi connectivity index (χ3n) is 14.3. The predicted octanol–water partition coefficient (Wildman–Crippen LogP) is 23.0. The molecule has 0 aromatic heterocycles. The van der Waals surface area contributed by atoms with Crippen LogP contribution in [0.2, 0.25) is 0 Å². The van der Waals surface area contributed by atoms with E-state index in [1.807, 2.05) is 0 Å². The third kappa shape index (κ3) is 64.8. The molecule has 1 N–H and O–H groups in total. The van der Waals surface area contributed by atoms with Crippen LogP contribution in [-0.4, -0.2) is 36.4 Å². The molecule has 0 aliphatic carbocycles. The first kappa shape index (κ1) is 74.3. The van der Waals surface area contributed by atoms with E-state index in [2.05, 4.69) is 135 Å². The molecule has 0 amide bonds. The van der Waals surface area contributed by atoms with E-state index in [0.717, 1.165) is 103 Å². The van der Waals surface area contributed by atoms with Crippen molar-refractivity contribution in [3.05, 3.63) is 122 Å². The Morgan fingerprint density at radius 3 is 0.769 bits per heavy atom. The molecule has 0 saturated heterocycles. The van der Waals surface area contributed by atoms with Crippen LogP contribution in [0.25, 0.3) is 0 Å². The number of unbranched alkanes of at least 4 members (excludes halogenated alkanes) is 32. The van der Waals surface area contributed by atoms with E-state index in [0.29, 0.717) is 12.8 Å². The standard InChI is InChI=1S/C73H124O5/c1-3-5-7-9-11-13-15-17-19-21-23-25-27-29-31-33-34-35-36-37-38-40-42-44-46-48-50-52-54-56-58-60-62-64-66-68-73(76)78-71(69-74)70-77-72(75)67-65-63-61-59-57-55-53-51-49-47-45-43-41-39-32-30-28-26-24-22-20-18-16-14-12-10-8-6-4-2/h5-8,11-14,17-20,23-26,29,31,34-35,71,74H,3-4,9-10,15-16,21-22,27-28,30,32-33,36-70H2,1-2H3/b7-5-,8-6-,13-11-,14-12-,19-17-,20-18-,25-23-,26-24-,31-29-,35-34-. The largest absolute Gasteiger partial charge is 0.462 e. The van der Waals surface area contributed by atoms with Crippen molar-refractivity contribution in [1.82, 2.24) is 0 Å². The molecule has 1 atom stereocenters. The van der Waals surface area contributed by atoms with E-state index in [1.165, 1.54) is 180 Å². The summed E-state index contributed by atoms with van der Waals surface area (Å²) >= 11 is 0. The fourth-order valence-corrected chi connectivity index (χ4v) is 9.38. The van der Waals surface area contributed by atoms with Crippen LogP contribution in [0, 0.1) is 0 Å². The van der Waals surface area contributed by atoms with Crippen LogP contribution in [-0.2, 0) is 19.1 Å². The molecule has 78 heavy (non-hydrogen) atoms. The number of carbonyl (C=O) groups excluding carboxylic acids is 2. The Balaban J connectivity index is 3.47. The molecule has 0 aliphatic rings. The summed E-state index contributed by atoms with van der Waals surface area (Å²) in [5.74, 6) is -0.583. The van der Waals surface area contributed by atoms with Crippen molar-refractivity contribution >= 4 is 11.9 Å². The zero-order valence-electron chi connectivity index (χ0n) is 51.1. The molecule has 446 valence electrons. The Bertz CT molecular complexity index is 1550. The van der Waals surface area contributed by atoms with Crippen molar-refractivity contribution in [2.75, 3.05) is 13.2 Å². The summed E-state index contributed by atoms with van der Waals surface area (Å²) in [5, 5.41) is 9.70. The van der Waals surface area contributed by atoms with Gasteiger partial charge in [0.1, 0.15) is 6.61 Å². The second-order valence-corrected chi connectivity index (χ2v) is 21.8. The number of allylic oxidation sites excluding steroid dienone is 20. The average molecular weight is 1080 g/mol. The first-order valence-corrected chi connectivity index (χ1v) is 33.1. The Morgan fingerprint density at radius 2 is 0.513 bits per heavy atom. The van der Waals surface area contributed by atoms with Gasteiger partial charge in [0.2, 0.25) is 0 Å². The maximum absolute atomic E-state index is 12.4. The van der Waals surface area contributed by atoms with Gasteiger partial charge in [0.25, 0.3) is 0 Å². The van der Waals surface area contributed by atoms with Crippen molar-refractivity contribution in [3.63, 3.8) is 0 Å². The number of aliphatic hydroxyl groups excluding tert-OH is 1. The minimum atomic E-state index is -0.778. The number of hydrogen-bond donors (Lipinski definition) is 1. The van der Waals surface area contributed by atoms with Crippen LogP contribution in [0.3, 0.4) is 0 Å². The van der Waals surface area contributed by atoms with Gasteiger partial charge in [-0.1, -0.05) is 315 Å². The van der Waals surface area contributed by atoms with Crippen LogP contribution < -0.4 is 0 Å².